The highest BCUT2D eigenvalue weighted by Crippen LogP contribution is 2.31. The number of benzene rings is 1. The Balaban J connectivity index is 2.55. The summed E-state index contributed by atoms with van der Waals surface area (Å²) in [6.45, 7) is 5.56. The van der Waals surface area contributed by atoms with Crippen LogP contribution in [0.5, 0.6) is 0 Å². The predicted octanol–water partition coefficient (Wildman–Crippen LogP) is 3.52. The van der Waals surface area contributed by atoms with E-state index in [-0.39, 0.29) is 5.91 Å². The fourth-order valence-corrected chi connectivity index (χ4v) is 1.74. The van der Waals surface area contributed by atoms with Crippen molar-refractivity contribution in [2.24, 2.45) is 0 Å². The summed E-state index contributed by atoms with van der Waals surface area (Å²) in [5, 5.41) is 2.83. The van der Waals surface area contributed by atoms with E-state index in [0.29, 0.717) is 0 Å². The van der Waals surface area contributed by atoms with E-state index in [1.54, 1.807) is 6.26 Å². The van der Waals surface area contributed by atoms with Crippen molar-refractivity contribution in [2.45, 2.75) is 20.8 Å². The van der Waals surface area contributed by atoms with Gasteiger partial charge in [-0.05, 0) is 49.2 Å². The summed E-state index contributed by atoms with van der Waals surface area (Å²) >= 11 is 0. The normalized spacial score (nSPS) is 10.3. The second-order valence-corrected chi connectivity index (χ2v) is 4.14. The fraction of sp³-hybridized carbons (Fsp3) is 0.214. The third-order valence-electron chi connectivity index (χ3n) is 2.73. The van der Waals surface area contributed by atoms with Crippen LogP contribution in [0.4, 0.5) is 5.69 Å². The van der Waals surface area contributed by atoms with Gasteiger partial charge < -0.3 is 9.73 Å². The average molecular weight is 229 g/mol. The minimum atomic E-state index is -0.0824. The van der Waals surface area contributed by atoms with Crippen molar-refractivity contribution < 1.29 is 9.21 Å². The Labute approximate surface area is 100 Å². The van der Waals surface area contributed by atoms with Gasteiger partial charge in [0, 0.05) is 12.5 Å². The van der Waals surface area contributed by atoms with E-state index in [1.807, 2.05) is 38.1 Å². The maximum absolute atomic E-state index is 11.2. The summed E-state index contributed by atoms with van der Waals surface area (Å²) < 4.78 is 5.39. The van der Waals surface area contributed by atoms with Crippen molar-refractivity contribution in [3.63, 3.8) is 0 Å². The van der Waals surface area contributed by atoms with Crippen molar-refractivity contribution in [1.82, 2.24) is 0 Å². The zero-order valence-corrected chi connectivity index (χ0v) is 10.2. The van der Waals surface area contributed by atoms with Crippen LogP contribution in [0.15, 0.2) is 34.9 Å². The molecular formula is C14H15NO2. The molecule has 1 aromatic carbocycles. The number of amides is 1. The van der Waals surface area contributed by atoms with Crippen LogP contribution in [-0.2, 0) is 4.79 Å². The summed E-state index contributed by atoms with van der Waals surface area (Å²) in [5.41, 5.74) is 4.01. The van der Waals surface area contributed by atoms with Gasteiger partial charge in [0.05, 0.1) is 12.0 Å². The van der Waals surface area contributed by atoms with Crippen molar-refractivity contribution >= 4 is 11.6 Å². The van der Waals surface area contributed by atoms with Gasteiger partial charge in [-0.15, -0.1) is 0 Å². The molecule has 0 saturated carbocycles. The molecule has 1 N–H and O–H groups in total. The molecule has 1 amide bonds. The Hall–Kier alpha value is -2.03. The second kappa shape index (κ2) is 4.45. The van der Waals surface area contributed by atoms with Gasteiger partial charge in [-0.3, -0.25) is 4.79 Å². The molecule has 88 valence electrons. The highest BCUT2D eigenvalue weighted by molar-refractivity contribution is 5.93. The first-order valence-electron chi connectivity index (χ1n) is 5.50. The molecule has 3 nitrogen and oxygen atoms in total. The zero-order chi connectivity index (χ0) is 12.4. The lowest BCUT2D eigenvalue weighted by Gasteiger charge is -2.11. The summed E-state index contributed by atoms with van der Waals surface area (Å²) in [7, 11) is 0. The topological polar surface area (TPSA) is 42.2 Å². The lowest BCUT2D eigenvalue weighted by Crippen LogP contribution is -2.07. The molecule has 0 atom stereocenters. The summed E-state index contributed by atoms with van der Waals surface area (Å²) in [4.78, 5) is 11.2. The Kier molecular flexibility index (Phi) is 3.00. The van der Waals surface area contributed by atoms with Gasteiger partial charge in [0.1, 0.15) is 5.76 Å². The quantitative estimate of drug-likeness (QED) is 0.856. The zero-order valence-electron chi connectivity index (χ0n) is 10.2. The standard InChI is InChI=1S/C14H15NO2/c1-9-7-12(14-5-4-6-17-14)13(8-10(9)2)15-11(3)16/h4-8H,1-3H3,(H,15,16). The predicted molar refractivity (Wildman–Crippen MR) is 67.9 cm³/mol. The van der Waals surface area contributed by atoms with Crippen LogP contribution in [0.25, 0.3) is 11.3 Å². The molecule has 1 aromatic heterocycles. The Morgan fingerprint density at radius 3 is 2.53 bits per heavy atom. The van der Waals surface area contributed by atoms with Crippen molar-refractivity contribution in [3.05, 3.63) is 41.7 Å². The molecule has 0 spiro atoms. The molecule has 2 aromatic rings. The molecule has 0 bridgehead atoms. The van der Waals surface area contributed by atoms with Gasteiger partial charge in [0.15, 0.2) is 0 Å². The fourth-order valence-electron chi connectivity index (χ4n) is 1.74. The average Bonchev–Trinajstić information content (AvgIpc) is 2.75. The molecule has 17 heavy (non-hydrogen) atoms. The third-order valence-corrected chi connectivity index (χ3v) is 2.73. The first-order chi connectivity index (χ1) is 8.08. The lowest BCUT2D eigenvalue weighted by molar-refractivity contribution is -0.114. The molecule has 1 heterocycles. The highest BCUT2D eigenvalue weighted by atomic mass is 16.3. The van der Waals surface area contributed by atoms with Gasteiger partial charge in [0.25, 0.3) is 0 Å². The smallest absolute Gasteiger partial charge is 0.221 e. The van der Waals surface area contributed by atoms with E-state index in [9.17, 15) is 4.79 Å². The molecule has 0 unspecified atom stereocenters. The van der Waals surface area contributed by atoms with E-state index >= 15 is 0 Å². The summed E-state index contributed by atoms with van der Waals surface area (Å²) in [6, 6.07) is 7.71. The molecule has 0 aliphatic rings. The Morgan fingerprint density at radius 1 is 1.24 bits per heavy atom. The third kappa shape index (κ3) is 2.38. The van der Waals surface area contributed by atoms with Gasteiger partial charge in [-0.1, -0.05) is 0 Å². The monoisotopic (exact) mass is 229 g/mol. The molecule has 0 fully saturated rings. The first-order valence-corrected chi connectivity index (χ1v) is 5.50. The van der Waals surface area contributed by atoms with Crippen molar-refractivity contribution in [3.8, 4) is 11.3 Å². The number of nitrogens with one attached hydrogen (secondary N) is 1. The molecule has 0 aliphatic heterocycles. The van der Waals surface area contributed by atoms with E-state index in [1.165, 1.54) is 12.5 Å². The van der Waals surface area contributed by atoms with Gasteiger partial charge in [-0.2, -0.15) is 0 Å². The Bertz CT molecular complexity index is 542. The van der Waals surface area contributed by atoms with Crippen LogP contribution in [0.3, 0.4) is 0 Å². The lowest BCUT2D eigenvalue weighted by atomic mass is 10.0. The number of rotatable bonds is 2. The number of carbonyl (C=O) groups is 1. The summed E-state index contributed by atoms with van der Waals surface area (Å²) in [5.74, 6) is 0.679. The number of hydrogen-bond acceptors (Lipinski definition) is 2. The van der Waals surface area contributed by atoms with Crippen molar-refractivity contribution in [1.29, 1.82) is 0 Å². The first kappa shape index (κ1) is 11.5. The van der Waals surface area contributed by atoms with E-state index < -0.39 is 0 Å². The van der Waals surface area contributed by atoms with Crippen LogP contribution in [0.1, 0.15) is 18.1 Å². The van der Waals surface area contributed by atoms with E-state index in [2.05, 4.69) is 5.32 Å². The number of aryl methyl sites for hydroxylation is 2. The van der Waals surface area contributed by atoms with Gasteiger partial charge >= 0.3 is 0 Å². The van der Waals surface area contributed by atoms with Gasteiger partial charge in [-0.25, -0.2) is 0 Å². The molecule has 0 radical (unpaired) electrons. The van der Waals surface area contributed by atoms with Crippen LogP contribution in [0.2, 0.25) is 0 Å². The Morgan fingerprint density at radius 2 is 1.94 bits per heavy atom. The highest BCUT2D eigenvalue weighted by Gasteiger charge is 2.10. The minimum absolute atomic E-state index is 0.0824. The molecule has 2 rings (SSSR count). The van der Waals surface area contributed by atoms with Crippen LogP contribution >= 0.6 is 0 Å². The molecular weight excluding hydrogens is 214 g/mol. The second-order valence-electron chi connectivity index (χ2n) is 4.14. The maximum Gasteiger partial charge on any atom is 0.221 e. The number of anilines is 1. The largest absolute Gasteiger partial charge is 0.464 e. The van der Waals surface area contributed by atoms with E-state index in [0.717, 1.165) is 22.6 Å². The van der Waals surface area contributed by atoms with Crippen LogP contribution in [0, 0.1) is 13.8 Å². The SMILES string of the molecule is CC(=O)Nc1cc(C)c(C)cc1-c1ccco1. The molecule has 3 heteroatoms. The maximum atomic E-state index is 11.2. The van der Waals surface area contributed by atoms with Crippen molar-refractivity contribution in [2.75, 3.05) is 5.32 Å². The number of furan rings is 1. The number of carbonyl (C=O) groups excluding carboxylic acids is 1. The summed E-state index contributed by atoms with van der Waals surface area (Å²) in [6.07, 6.45) is 1.63. The van der Waals surface area contributed by atoms with Gasteiger partial charge in [0.2, 0.25) is 5.91 Å². The van der Waals surface area contributed by atoms with E-state index in [4.69, 9.17) is 4.42 Å². The molecule has 0 aliphatic carbocycles. The van der Waals surface area contributed by atoms with Crippen LogP contribution < -0.4 is 5.32 Å². The number of hydrogen-bond donors (Lipinski definition) is 1. The minimum Gasteiger partial charge on any atom is -0.464 e. The van der Waals surface area contributed by atoms with Crippen LogP contribution in [-0.4, -0.2) is 5.91 Å². The molecule has 0 saturated heterocycles.